The van der Waals surface area contributed by atoms with Crippen LogP contribution < -0.4 is 5.73 Å². The summed E-state index contributed by atoms with van der Waals surface area (Å²) in [6.45, 7) is 3.70. The molecule has 4 aromatic carbocycles. The molecule has 2 N–H and O–H groups in total. The summed E-state index contributed by atoms with van der Waals surface area (Å²) in [6, 6.07) is 23.4. The van der Waals surface area contributed by atoms with Crippen molar-refractivity contribution < 1.29 is 17.9 Å². The molecule has 0 saturated carbocycles. The molecule has 2 heterocycles. The third-order valence-corrected chi connectivity index (χ3v) is 9.44. The van der Waals surface area contributed by atoms with Crippen molar-refractivity contribution in [2.75, 3.05) is 13.7 Å². The van der Waals surface area contributed by atoms with Crippen molar-refractivity contribution in [1.82, 2.24) is 14.1 Å². The van der Waals surface area contributed by atoms with E-state index in [0.29, 0.717) is 24.5 Å². The van der Waals surface area contributed by atoms with Crippen LogP contribution in [0, 0.1) is 0 Å². The lowest BCUT2D eigenvalue weighted by Gasteiger charge is -2.11. The number of ether oxygens (including phenoxy) is 1. The monoisotopic (exact) mass is 586 g/mol. The molecule has 0 radical (unpaired) electrons. The molecular weight excluding hydrogens is 560 g/mol. The zero-order chi connectivity index (χ0) is 28.9. The summed E-state index contributed by atoms with van der Waals surface area (Å²) >= 11 is 6.14. The van der Waals surface area contributed by atoms with Gasteiger partial charge in [-0.1, -0.05) is 35.9 Å². The molecule has 0 saturated heterocycles. The Morgan fingerprint density at radius 3 is 2.41 bits per heavy atom. The summed E-state index contributed by atoms with van der Waals surface area (Å²) < 4.78 is 37.6. The highest BCUT2D eigenvalue weighted by molar-refractivity contribution is 7.91. The zero-order valence-electron chi connectivity index (χ0n) is 22.5. The molecule has 0 atom stereocenters. The van der Waals surface area contributed by atoms with Crippen LogP contribution >= 0.6 is 11.6 Å². The Morgan fingerprint density at radius 1 is 0.927 bits per heavy atom. The molecule has 0 fully saturated rings. The molecule has 8 nitrogen and oxygen atoms in total. The van der Waals surface area contributed by atoms with Crippen LogP contribution in [0.1, 0.15) is 17.3 Å². The molecule has 1 amide bonds. The summed E-state index contributed by atoms with van der Waals surface area (Å²) in [5.74, 6) is -0.314. The number of imidazole rings is 1. The van der Waals surface area contributed by atoms with Crippen LogP contribution in [0.4, 0.5) is 0 Å². The Morgan fingerprint density at radius 2 is 1.68 bits per heavy atom. The minimum absolute atomic E-state index is 0.0539. The van der Waals surface area contributed by atoms with Gasteiger partial charge in [0.25, 0.3) is 0 Å². The van der Waals surface area contributed by atoms with Gasteiger partial charge in [-0.15, -0.1) is 0 Å². The fourth-order valence-electron chi connectivity index (χ4n) is 5.55. The smallest absolute Gasteiger partial charge is 0.250 e. The molecule has 6 aromatic rings. The lowest BCUT2D eigenvalue weighted by molar-refractivity contribution is 0.0997. The van der Waals surface area contributed by atoms with E-state index in [0.717, 1.165) is 33.9 Å². The number of nitrogens with two attached hydrogens (primary N) is 1. The molecule has 208 valence electrons. The second-order valence-corrected chi connectivity index (χ2v) is 12.0. The number of nitrogens with zero attached hydrogens (tertiary/aromatic N) is 3. The first-order valence-electron chi connectivity index (χ1n) is 13.1. The first-order chi connectivity index (χ1) is 19.8. The van der Waals surface area contributed by atoms with Crippen LogP contribution in [-0.2, 0) is 27.7 Å². The van der Waals surface area contributed by atoms with Gasteiger partial charge in [-0.25, -0.2) is 13.4 Å². The van der Waals surface area contributed by atoms with Gasteiger partial charge in [0.05, 0.1) is 22.6 Å². The maximum atomic E-state index is 14.0. The molecular formula is C31H27ClN4O4S. The molecule has 2 aromatic heterocycles. The summed E-state index contributed by atoms with van der Waals surface area (Å²) in [5, 5.41) is 2.44. The van der Waals surface area contributed by atoms with Gasteiger partial charge in [0.1, 0.15) is 16.2 Å². The third kappa shape index (κ3) is 4.37. The van der Waals surface area contributed by atoms with E-state index in [-0.39, 0.29) is 25.9 Å². The summed E-state index contributed by atoms with van der Waals surface area (Å²) in [5.41, 5.74) is 9.28. The number of hydrogen-bond donors (Lipinski definition) is 1. The number of rotatable bonds is 8. The molecule has 10 heteroatoms. The Kier molecular flexibility index (Phi) is 6.81. The van der Waals surface area contributed by atoms with E-state index < -0.39 is 15.7 Å². The Balaban J connectivity index is 1.67. The molecule has 0 bridgehead atoms. The van der Waals surface area contributed by atoms with E-state index in [4.69, 9.17) is 27.1 Å². The van der Waals surface area contributed by atoms with Crippen molar-refractivity contribution in [3.63, 3.8) is 0 Å². The lowest BCUT2D eigenvalue weighted by atomic mass is 10.1. The minimum Gasteiger partial charge on any atom is -0.383 e. The number of sulfone groups is 1. The second-order valence-electron chi connectivity index (χ2n) is 9.71. The molecule has 0 aliphatic carbocycles. The van der Waals surface area contributed by atoms with Gasteiger partial charge >= 0.3 is 0 Å². The molecule has 0 unspecified atom stereocenters. The van der Waals surface area contributed by atoms with Gasteiger partial charge < -0.3 is 19.6 Å². The predicted molar refractivity (Wildman–Crippen MR) is 161 cm³/mol. The zero-order valence-corrected chi connectivity index (χ0v) is 24.0. The highest BCUT2D eigenvalue weighted by Crippen LogP contribution is 2.37. The van der Waals surface area contributed by atoms with Gasteiger partial charge in [0.2, 0.25) is 15.7 Å². The van der Waals surface area contributed by atoms with Crippen molar-refractivity contribution in [2.24, 2.45) is 5.73 Å². The first kappa shape index (κ1) is 27.0. The van der Waals surface area contributed by atoms with Crippen LogP contribution in [-0.4, -0.2) is 42.2 Å². The van der Waals surface area contributed by atoms with Gasteiger partial charge in [-0.2, -0.15) is 0 Å². The van der Waals surface area contributed by atoms with Crippen LogP contribution in [0.3, 0.4) is 0 Å². The molecule has 0 aliphatic heterocycles. The molecule has 41 heavy (non-hydrogen) atoms. The molecule has 0 aliphatic rings. The molecule has 0 spiro atoms. The topological polar surface area (TPSA) is 109 Å². The van der Waals surface area contributed by atoms with E-state index in [2.05, 4.69) is 35.8 Å². The van der Waals surface area contributed by atoms with E-state index >= 15 is 0 Å². The van der Waals surface area contributed by atoms with Gasteiger partial charge in [-0.3, -0.25) is 4.79 Å². The fourth-order valence-corrected chi connectivity index (χ4v) is 7.44. The van der Waals surface area contributed by atoms with Crippen LogP contribution in [0.5, 0.6) is 0 Å². The van der Waals surface area contributed by atoms with Gasteiger partial charge in [0, 0.05) is 52.6 Å². The van der Waals surface area contributed by atoms with Crippen LogP contribution in [0.2, 0.25) is 5.02 Å². The normalized spacial score (nSPS) is 12.1. The fraction of sp³-hybridized carbons (Fsp3) is 0.161. The number of methoxy groups -OCH3 is 1. The number of amides is 1. The van der Waals surface area contributed by atoms with Crippen molar-refractivity contribution in [3.8, 4) is 11.4 Å². The number of benzene rings is 4. The van der Waals surface area contributed by atoms with Crippen molar-refractivity contribution in [1.29, 1.82) is 0 Å². The Bertz CT molecular complexity index is 2100. The van der Waals surface area contributed by atoms with Crippen LogP contribution in [0.25, 0.3) is 44.2 Å². The lowest BCUT2D eigenvalue weighted by Crippen LogP contribution is -2.17. The maximum absolute atomic E-state index is 14.0. The van der Waals surface area contributed by atoms with Gasteiger partial charge in [0.15, 0.2) is 0 Å². The van der Waals surface area contributed by atoms with E-state index in [1.807, 2.05) is 22.8 Å². The van der Waals surface area contributed by atoms with Crippen LogP contribution in [0.15, 0.2) is 88.7 Å². The Labute approximate surface area is 241 Å². The van der Waals surface area contributed by atoms with Crippen molar-refractivity contribution >= 4 is 60.2 Å². The average Bonchev–Trinajstić information content (AvgIpc) is 3.50. The second kappa shape index (κ2) is 10.3. The average molecular weight is 587 g/mol. The Hall–Kier alpha value is -4.18. The number of para-hydroxylation sites is 1. The number of aryl methyl sites for hydroxylation is 1. The largest absolute Gasteiger partial charge is 0.383 e. The molecule has 6 rings (SSSR count). The van der Waals surface area contributed by atoms with Crippen molar-refractivity contribution in [3.05, 3.63) is 89.4 Å². The number of aromatic nitrogens is 3. The van der Waals surface area contributed by atoms with Crippen molar-refractivity contribution in [2.45, 2.75) is 29.8 Å². The number of fused-ring (bicyclic) bond motifs is 4. The summed E-state index contributed by atoms with van der Waals surface area (Å²) in [4.78, 5) is 17.1. The standard InChI is InChI=1S/C31H27ClN4O4S/c1-3-35-25-10-5-4-9-22(25)24-17-19(11-13-26(24)35)31-34-28-27(36(31)15-16-40-2)14-12-23(30(33)37)29(28)41(38,39)21-8-6-7-20(32)18-21/h4-14,17-18H,3,15-16H2,1-2H3,(H2,33,37). The summed E-state index contributed by atoms with van der Waals surface area (Å²) in [6.07, 6.45) is 0. The SMILES string of the molecule is CCn1c2ccccc2c2cc(-c3nc4c(S(=O)(=O)c5cccc(Cl)c5)c(C(N)=O)ccc4n3CCOC)ccc21. The number of carbonyl (C=O) groups is 1. The number of halogens is 1. The predicted octanol–water partition coefficient (Wildman–Crippen LogP) is 6.06. The number of carbonyl (C=O) groups excluding carboxylic acids is 1. The highest BCUT2D eigenvalue weighted by Gasteiger charge is 2.30. The maximum Gasteiger partial charge on any atom is 0.250 e. The van der Waals surface area contributed by atoms with E-state index in [1.165, 1.54) is 18.2 Å². The number of primary amides is 1. The highest BCUT2D eigenvalue weighted by atomic mass is 35.5. The summed E-state index contributed by atoms with van der Waals surface area (Å²) in [7, 11) is -2.63. The van der Waals surface area contributed by atoms with Gasteiger partial charge in [-0.05, 0) is 61.5 Å². The van der Waals surface area contributed by atoms with E-state index in [1.54, 1.807) is 25.3 Å². The number of hydrogen-bond acceptors (Lipinski definition) is 5. The minimum atomic E-state index is -4.23. The quantitative estimate of drug-likeness (QED) is 0.233. The first-order valence-corrected chi connectivity index (χ1v) is 15.0. The van der Waals surface area contributed by atoms with E-state index in [9.17, 15) is 13.2 Å². The third-order valence-electron chi connectivity index (χ3n) is 7.38.